The van der Waals surface area contributed by atoms with Gasteiger partial charge in [0.25, 0.3) is 5.91 Å². The van der Waals surface area contributed by atoms with Crippen LogP contribution in [0.5, 0.6) is 0 Å². The van der Waals surface area contributed by atoms with Crippen LogP contribution in [0.2, 0.25) is 0 Å². The van der Waals surface area contributed by atoms with Crippen LogP contribution in [0.1, 0.15) is 17.3 Å². The van der Waals surface area contributed by atoms with Gasteiger partial charge in [0.05, 0.1) is 0 Å². The average molecular weight is 364 g/mol. The Balaban J connectivity index is 1.73. The number of hydrogen-bond donors (Lipinski definition) is 3. The summed E-state index contributed by atoms with van der Waals surface area (Å²) in [4.78, 5) is 27.8. The van der Waals surface area contributed by atoms with Gasteiger partial charge in [-0.2, -0.15) is 0 Å². The van der Waals surface area contributed by atoms with E-state index in [1.807, 2.05) is 0 Å². The molecule has 0 aliphatic carbocycles. The van der Waals surface area contributed by atoms with E-state index in [-0.39, 0.29) is 17.6 Å². The summed E-state index contributed by atoms with van der Waals surface area (Å²) < 4.78 is 13.3. The fraction of sp³-hybridized carbons (Fsp3) is 0.0500. The van der Waals surface area contributed by atoms with Crippen LogP contribution in [-0.4, -0.2) is 16.8 Å². The van der Waals surface area contributed by atoms with Gasteiger partial charge in [0.15, 0.2) is 0 Å². The number of benzene rings is 2. The number of amides is 2. The van der Waals surface area contributed by atoms with Gasteiger partial charge in [-0.05, 0) is 48.5 Å². The topological polar surface area (TPSA) is 83.1 Å². The van der Waals surface area contributed by atoms with E-state index in [9.17, 15) is 14.0 Å². The van der Waals surface area contributed by atoms with Gasteiger partial charge in [0.1, 0.15) is 11.6 Å². The Morgan fingerprint density at radius 3 is 2.33 bits per heavy atom. The second-order valence-corrected chi connectivity index (χ2v) is 5.78. The Bertz CT molecular complexity index is 991. The van der Waals surface area contributed by atoms with Crippen LogP contribution >= 0.6 is 0 Å². The SMILES string of the molecule is CC(=O)Nc1cccc(NC(=O)c2ccnc(Nc3cccc(F)c3)c2)c1. The summed E-state index contributed by atoms with van der Waals surface area (Å²) in [6.07, 6.45) is 1.49. The molecule has 0 bridgehead atoms. The first-order valence-electron chi connectivity index (χ1n) is 8.17. The molecule has 6 nitrogen and oxygen atoms in total. The smallest absolute Gasteiger partial charge is 0.255 e. The lowest BCUT2D eigenvalue weighted by Crippen LogP contribution is -2.13. The molecule has 0 unspecified atom stereocenters. The summed E-state index contributed by atoms with van der Waals surface area (Å²) in [5.74, 6) is -0.478. The number of aromatic nitrogens is 1. The van der Waals surface area contributed by atoms with Crippen molar-refractivity contribution < 1.29 is 14.0 Å². The lowest BCUT2D eigenvalue weighted by atomic mass is 10.2. The van der Waals surface area contributed by atoms with Gasteiger partial charge >= 0.3 is 0 Å². The van der Waals surface area contributed by atoms with Crippen molar-refractivity contribution >= 4 is 34.7 Å². The van der Waals surface area contributed by atoms with E-state index in [2.05, 4.69) is 20.9 Å². The maximum Gasteiger partial charge on any atom is 0.255 e. The highest BCUT2D eigenvalue weighted by Gasteiger charge is 2.09. The number of carbonyl (C=O) groups is 2. The third-order valence-electron chi connectivity index (χ3n) is 3.56. The molecule has 0 atom stereocenters. The van der Waals surface area contributed by atoms with E-state index in [1.165, 1.54) is 25.3 Å². The minimum absolute atomic E-state index is 0.194. The number of rotatable bonds is 5. The number of anilines is 4. The van der Waals surface area contributed by atoms with Gasteiger partial charge in [-0.3, -0.25) is 9.59 Å². The molecule has 3 rings (SSSR count). The van der Waals surface area contributed by atoms with Crippen LogP contribution in [0.15, 0.2) is 66.9 Å². The Morgan fingerprint density at radius 1 is 0.889 bits per heavy atom. The summed E-state index contributed by atoms with van der Waals surface area (Å²) in [6, 6.07) is 15.9. The molecule has 0 spiro atoms. The summed E-state index contributed by atoms with van der Waals surface area (Å²) in [5, 5.41) is 8.38. The molecule has 3 aromatic rings. The van der Waals surface area contributed by atoms with Crippen molar-refractivity contribution in [2.24, 2.45) is 0 Å². The zero-order chi connectivity index (χ0) is 19.2. The van der Waals surface area contributed by atoms with E-state index in [0.29, 0.717) is 28.4 Å². The maximum atomic E-state index is 13.3. The summed E-state index contributed by atoms with van der Waals surface area (Å²) in [5.41, 5.74) is 2.04. The molecule has 0 aliphatic rings. The molecule has 0 aliphatic heterocycles. The second-order valence-electron chi connectivity index (χ2n) is 5.78. The fourth-order valence-electron chi connectivity index (χ4n) is 2.44. The monoisotopic (exact) mass is 364 g/mol. The minimum Gasteiger partial charge on any atom is -0.340 e. The number of nitrogens with zero attached hydrogens (tertiary/aromatic N) is 1. The molecular weight excluding hydrogens is 347 g/mol. The van der Waals surface area contributed by atoms with Crippen molar-refractivity contribution in [2.45, 2.75) is 6.92 Å². The number of pyridine rings is 1. The number of nitrogens with one attached hydrogen (secondary N) is 3. The zero-order valence-corrected chi connectivity index (χ0v) is 14.5. The highest BCUT2D eigenvalue weighted by molar-refractivity contribution is 6.05. The van der Waals surface area contributed by atoms with Crippen LogP contribution in [0.3, 0.4) is 0 Å². The van der Waals surface area contributed by atoms with Crippen molar-refractivity contribution in [3.05, 3.63) is 78.2 Å². The van der Waals surface area contributed by atoms with Crippen molar-refractivity contribution in [3.8, 4) is 0 Å². The molecule has 1 heterocycles. The number of carbonyl (C=O) groups excluding carboxylic acids is 2. The van der Waals surface area contributed by atoms with E-state index in [0.717, 1.165) is 0 Å². The van der Waals surface area contributed by atoms with Crippen molar-refractivity contribution in [1.29, 1.82) is 0 Å². The van der Waals surface area contributed by atoms with Gasteiger partial charge < -0.3 is 16.0 Å². The predicted octanol–water partition coefficient (Wildman–Crippen LogP) is 4.18. The third-order valence-corrected chi connectivity index (χ3v) is 3.56. The molecule has 2 amide bonds. The molecule has 3 N–H and O–H groups in total. The van der Waals surface area contributed by atoms with Gasteiger partial charge in [-0.15, -0.1) is 0 Å². The molecule has 0 saturated carbocycles. The first-order chi connectivity index (χ1) is 13.0. The van der Waals surface area contributed by atoms with E-state index in [1.54, 1.807) is 48.5 Å². The summed E-state index contributed by atoms with van der Waals surface area (Å²) in [6.45, 7) is 1.41. The van der Waals surface area contributed by atoms with Gasteiger partial charge in [-0.25, -0.2) is 9.37 Å². The van der Waals surface area contributed by atoms with Crippen molar-refractivity contribution in [2.75, 3.05) is 16.0 Å². The molecular formula is C20H17FN4O2. The third kappa shape index (κ3) is 5.12. The number of halogens is 1. The minimum atomic E-state index is -0.368. The highest BCUT2D eigenvalue weighted by Crippen LogP contribution is 2.19. The lowest BCUT2D eigenvalue weighted by Gasteiger charge is -2.10. The Hall–Kier alpha value is -3.74. The Morgan fingerprint density at radius 2 is 1.59 bits per heavy atom. The van der Waals surface area contributed by atoms with Crippen molar-refractivity contribution in [3.63, 3.8) is 0 Å². The van der Waals surface area contributed by atoms with Crippen LogP contribution in [-0.2, 0) is 4.79 Å². The first-order valence-corrected chi connectivity index (χ1v) is 8.17. The van der Waals surface area contributed by atoms with Crippen LogP contribution in [0.25, 0.3) is 0 Å². The fourth-order valence-corrected chi connectivity index (χ4v) is 2.44. The Kier molecular flexibility index (Phi) is 5.41. The molecule has 0 fully saturated rings. The zero-order valence-electron chi connectivity index (χ0n) is 14.5. The predicted molar refractivity (Wildman–Crippen MR) is 103 cm³/mol. The van der Waals surface area contributed by atoms with Gasteiger partial charge in [0.2, 0.25) is 5.91 Å². The van der Waals surface area contributed by atoms with E-state index in [4.69, 9.17) is 0 Å². The Labute approximate surface area is 155 Å². The molecule has 27 heavy (non-hydrogen) atoms. The molecule has 0 saturated heterocycles. The van der Waals surface area contributed by atoms with Gasteiger partial charge in [-0.1, -0.05) is 12.1 Å². The van der Waals surface area contributed by atoms with Crippen molar-refractivity contribution in [1.82, 2.24) is 4.98 Å². The molecule has 1 aromatic heterocycles. The van der Waals surface area contributed by atoms with E-state index < -0.39 is 0 Å². The molecule has 0 radical (unpaired) electrons. The van der Waals surface area contributed by atoms with Crippen LogP contribution in [0.4, 0.5) is 27.3 Å². The highest BCUT2D eigenvalue weighted by atomic mass is 19.1. The largest absolute Gasteiger partial charge is 0.340 e. The van der Waals surface area contributed by atoms with Crippen LogP contribution < -0.4 is 16.0 Å². The summed E-state index contributed by atoms with van der Waals surface area (Å²) >= 11 is 0. The molecule has 2 aromatic carbocycles. The lowest BCUT2D eigenvalue weighted by molar-refractivity contribution is -0.114. The quantitative estimate of drug-likeness (QED) is 0.634. The maximum absolute atomic E-state index is 13.3. The normalized spacial score (nSPS) is 10.1. The second kappa shape index (κ2) is 8.09. The standard InChI is InChI=1S/C20H17FN4O2/c1-13(26)23-17-6-3-7-18(12-17)25-20(27)14-8-9-22-19(10-14)24-16-5-2-4-15(21)11-16/h2-12H,1H3,(H,22,24)(H,23,26)(H,25,27). The summed E-state index contributed by atoms with van der Waals surface area (Å²) in [7, 11) is 0. The average Bonchev–Trinajstić information content (AvgIpc) is 2.62. The van der Waals surface area contributed by atoms with E-state index >= 15 is 0 Å². The molecule has 7 heteroatoms. The molecule has 136 valence electrons. The van der Waals surface area contributed by atoms with Gasteiger partial charge in [0, 0.05) is 35.7 Å². The first kappa shape index (κ1) is 18.1. The number of hydrogen-bond acceptors (Lipinski definition) is 4. The van der Waals surface area contributed by atoms with Crippen LogP contribution in [0, 0.1) is 5.82 Å².